The lowest BCUT2D eigenvalue weighted by molar-refractivity contribution is 0.0996. The molecule has 0 N–H and O–H groups in total. The number of carbonyl (C=O) groups is 1. The summed E-state index contributed by atoms with van der Waals surface area (Å²) in [6.07, 6.45) is 3.56. The number of nitrogens with zero attached hydrogens (tertiary/aromatic N) is 5. The lowest BCUT2D eigenvalue weighted by Crippen LogP contribution is -2.22. The van der Waals surface area contributed by atoms with Crippen molar-refractivity contribution in [1.82, 2.24) is 19.7 Å². The van der Waals surface area contributed by atoms with Gasteiger partial charge in [-0.1, -0.05) is 0 Å². The zero-order chi connectivity index (χ0) is 19.0. The topological polar surface area (TPSA) is 82.4 Å². The highest BCUT2D eigenvalue weighted by Gasteiger charge is 2.31. The fourth-order valence-corrected chi connectivity index (χ4v) is 3.09. The first kappa shape index (κ1) is 17.0. The van der Waals surface area contributed by atoms with Crippen molar-refractivity contribution >= 4 is 11.6 Å². The molecule has 27 heavy (non-hydrogen) atoms. The van der Waals surface area contributed by atoms with Gasteiger partial charge in [0.25, 0.3) is 5.91 Å². The Labute approximate surface area is 156 Å². The molecule has 138 valence electrons. The van der Waals surface area contributed by atoms with Gasteiger partial charge in [-0.2, -0.15) is 10.1 Å². The largest absolute Gasteiger partial charge is 0.481 e. The van der Waals surface area contributed by atoms with Crippen LogP contribution in [0.2, 0.25) is 0 Å². The molecule has 8 nitrogen and oxygen atoms in total. The van der Waals surface area contributed by atoms with Gasteiger partial charge in [0, 0.05) is 18.8 Å². The van der Waals surface area contributed by atoms with Crippen LogP contribution in [0, 0.1) is 0 Å². The Morgan fingerprint density at radius 2 is 1.89 bits per heavy atom. The van der Waals surface area contributed by atoms with Crippen molar-refractivity contribution in [3.63, 3.8) is 0 Å². The molecule has 3 aromatic heterocycles. The Hall–Kier alpha value is -3.42. The fourth-order valence-electron chi connectivity index (χ4n) is 3.09. The van der Waals surface area contributed by atoms with E-state index in [9.17, 15) is 4.79 Å². The number of rotatable bonds is 5. The average molecular weight is 365 g/mol. The molecule has 1 aliphatic rings. The van der Waals surface area contributed by atoms with E-state index in [1.165, 1.54) is 0 Å². The average Bonchev–Trinajstić information content (AvgIpc) is 3.31. The van der Waals surface area contributed by atoms with Crippen LogP contribution in [0.5, 0.6) is 11.8 Å². The molecule has 0 aliphatic carbocycles. The number of carbonyl (C=O) groups excluding carboxylic acids is 1. The summed E-state index contributed by atoms with van der Waals surface area (Å²) in [4.78, 5) is 23.4. The van der Waals surface area contributed by atoms with Crippen LogP contribution in [0.4, 0.5) is 5.69 Å². The highest BCUT2D eigenvalue weighted by Crippen LogP contribution is 2.32. The van der Waals surface area contributed by atoms with Crippen molar-refractivity contribution in [2.75, 3.05) is 19.1 Å². The Morgan fingerprint density at radius 1 is 1.07 bits per heavy atom. The minimum absolute atomic E-state index is 0.0699. The van der Waals surface area contributed by atoms with Crippen LogP contribution >= 0.6 is 0 Å². The summed E-state index contributed by atoms with van der Waals surface area (Å²) < 4.78 is 12.3. The van der Waals surface area contributed by atoms with Crippen molar-refractivity contribution in [3.8, 4) is 23.0 Å². The molecular weight excluding hydrogens is 346 g/mol. The van der Waals surface area contributed by atoms with Crippen LogP contribution in [0.25, 0.3) is 11.3 Å². The zero-order valence-electron chi connectivity index (χ0n) is 15.3. The van der Waals surface area contributed by atoms with E-state index in [2.05, 4.69) is 10.1 Å². The number of pyridine rings is 2. The van der Waals surface area contributed by atoms with Crippen molar-refractivity contribution < 1.29 is 14.3 Å². The number of methoxy groups -OCH3 is 2. The monoisotopic (exact) mass is 365 g/mol. The summed E-state index contributed by atoms with van der Waals surface area (Å²) in [7, 11) is 3.10. The predicted octanol–water partition coefficient (Wildman–Crippen LogP) is 2.54. The number of hydrogen-bond acceptors (Lipinski definition) is 6. The minimum atomic E-state index is -0.0699. The third-order valence-corrected chi connectivity index (χ3v) is 4.53. The Bertz CT molecular complexity index is 1010. The first-order valence-corrected chi connectivity index (χ1v) is 8.58. The third-order valence-electron chi connectivity index (χ3n) is 4.53. The highest BCUT2D eigenvalue weighted by atomic mass is 16.5. The second-order valence-corrected chi connectivity index (χ2v) is 6.05. The van der Waals surface area contributed by atoms with Crippen molar-refractivity contribution in [2.24, 2.45) is 0 Å². The summed E-state index contributed by atoms with van der Waals surface area (Å²) in [6.45, 7) is 3.16. The number of anilines is 1. The van der Waals surface area contributed by atoms with Crippen LogP contribution in [-0.2, 0) is 13.1 Å². The Morgan fingerprint density at radius 3 is 2.59 bits per heavy atom. The van der Waals surface area contributed by atoms with E-state index in [1.807, 2.05) is 25.3 Å². The molecule has 0 saturated heterocycles. The standard InChI is InChI=1S/C19H19N5O3/c1-4-23-10-12(9-20-23)24-11-16-14(19(24)25)5-7-15(21-16)13-6-8-17(26-2)22-18(13)27-3/h5-10H,4,11H2,1-3H3. The molecule has 0 bridgehead atoms. The van der Waals surface area contributed by atoms with E-state index in [4.69, 9.17) is 14.5 Å². The molecule has 0 fully saturated rings. The van der Waals surface area contributed by atoms with E-state index in [0.717, 1.165) is 23.5 Å². The van der Waals surface area contributed by atoms with Crippen LogP contribution in [0.1, 0.15) is 23.0 Å². The molecule has 4 heterocycles. The lowest BCUT2D eigenvalue weighted by atomic mass is 10.1. The number of aromatic nitrogens is 4. The van der Waals surface area contributed by atoms with E-state index < -0.39 is 0 Å². The number of ether oxygens (including phenoxy) is 2. The normalized spacial score (nSPS) is 13.0. The van der Waals surface area contributed by atoms with Gasteiger partial charge in [-0.15, -0.1) is 0 Å². The summed E-state index contributed by atoms with van der Waals surface area (Å²) in [5.74, 6) is 0.817. The SMILES string of the molecule is CCn1cc(N2Cc3nc(-c4ccc(OC)nc4OC)ccc3C2=O)cn1. The summed E-state index contributed by atoms with van der Waals surface area (Å²) in [5, 5.41) is 4.25. The second-order valence-electron chi connectivity index (χ2n) is 6.05. The summed E-state index contributed by atoms with van der Waals surface area (Å²) in [6, 6.07) is 7.21. The van der Waals surface area contributed by atoms with Gasteiger partial charge in [0.05, 0.1) is 55.2 Å². The van der Waals surface area contributed by atoms with E-state index in [1.54, 1.807) is 42.1 Å². The maximum Gasteiger partial charge on any atom is 0.260 e. The van der Waals surface area contributed by atoms with Crippen LogP contribution < -0.4 is 14.4 Å². The molecule has 8 heteroatoms. The van der Waals surface area contributed by atoms with Crippen molar-refractivity contribution in [1.29, 1.82) is 0 Å². The van der Waals surface area contributed by atoms with Gasteiger partial charge in [-0.05, 0) is 25.1 Å². The number of amides is 1. The lowest BCUT2D eigenvalue weighted by Gasteiger charge is -2.11. The Kier molecular flexibility index (Phi) is 4.23. The van der Waals surface area contributed by atoms with Gasteiger partial charge in [-0.3, -0.25) is 14.4 Å². The van der Waals surface area contributed by atoms with Gasteiger partial charge >= 0.3 is 0 Å². The van der Waals surface area contributed by atoms with Gasteiger partial charge in [0.15, 0.2) is 0 Å². The number of hydrogen-bond donors (Lipinski definition) is 0. The fraction of sp³-hybridized carbons (Fsp3) is 0.263. The molecular formula is C19H19N5O3. The summed E-state index contributed by atoms with van der Waals surface area (Å²) >= 11 is 0. The maximum absolute atomic E-state index is 12.7. The molecule has 0 aromatic carbocycles. The zero-order valence-corrected chi connectivity index (χ0v) is 15.3. The molecule has 4 rings (SSSR count). The number of fused-ring (bicyclic) bond motifs is 1. The van der Waals surface area contributed by atoms with E-state index in [-0.39, 0.29) is 5.91 Å². The summed E-state index contributed by atoms with van der Waals surface area (Å²) in [5.41, 5.74) is 3.53. The van der Waals surface area contributed by atoms with Gasteiger partial charge < -0.3 is 9.47 Å². The maximum atomic E-state index is 12.7. The van der Waals surface area contributed by atoms with Gasteiger partial charge in [0.1, 0.15) is 0 Å². The van der Waals surface area contributed by atoms with Crippen LogP contribution in [0.3, 0.4) is 0 Å². The minimum Gasteiger partial charge on any atom is -0.481 e. The predicted molar refractivity (Wildman–Crippen MR) is 99.0 cm³/mol. The first-order valence-electron chi connectivity index (χ1n) is 8.58. The third kappa shape index (κ3) is 2.88. The van der Waals surface area contributed by atoms with Gasteiger partial charge in [-0.25, -0.2) is 4.98 Å². The molecule has 0 saturated carbocycles. The molecule has 0 unspecified atom stereocenters. The van der Waals surface area contributed by atoms with Crippen LogP contribution in [0.15, 0.2) is 36.7 Å². The van der Waals surface area contributed by atoms with Crippen molar-refractivity contribution in [2.45, 2.75) is 20.0 Å². The molecule has 0 atom stereocenters. The molecule has 0 radical (unpaired) electrons. The van der Waals surface area contributed by atoms with E-state index >= 15 is 0 Å². The Balaban J connectivity index is 1.69. The molecule has 1 aliphatic heterocycles. The van der Waals surface area contributed by atoms with Crippen LogP contribution in [-0.4, -0.2) is 39.9 Å². The molecule has 0 spiro atoms. The second kappa shape index (κ2) is 6.71. The smallest absolute Gasteiger partial charge is 0.260 e. The van der Waals surface area contributed by atoms with Gasteiger partial charge in [0.2, 0.25) is 11.8 Å². The first-order chi connectivity index (χ1) is 13.1. The van der Waals surface area contributed by atoms with E-state index in [0.29, 0.717) is 29.6 Å². The molecule has 1 amide bonds. The highest BCUT2D eigenvalue weighted by molar-refractivity contribution is 6.09. The quantitative estimate of drug-likeness (QED) is 0.691. The van der Waals surface area contributed by atoms with Crippen molar-refractivity contribution in [3.05, 3.63) is 47.9 Å². The molecule has 3 aromatic rings. The number of aryl methyl sites for hydroxylation is 1.